The van der Waals surface area contributed by atoms with Crippen molar-refractivity contribution in [3.8, 4) is 0 Å². The summed E-state index contributed by atoms with van der Waals surface area (Å²) < 4.78 is 0. The third-order valence-corrected chi connectivity index (χ3v) is 2.89. The van der Waals surface area contributed by atoms with E-state index in [1.54, 1.807) is 0 Å². The summed E-state index contributed by atoms with van der Waals surface area (Å²) in [5.41, 5.74) is 23.6. The topological polar surface area (TPSA) is 148 Å². The lowest BCUT2D eigenvalue weighted by Crippen LogP contribution is -2.48. The first-order chi connectivity index (χ1) is 9.02. The van der Waals surface area contributed by atoms with Gasteiger partial charge in [0.2, 0.25) is 5.91 Å². The van der Waals surface area contributed by atoms with Crippen molar-refractivity contribution in [2.24, 2.45) is 17.2 Å². The number of unbranched alkanes of at least 4 members (excludes halogenated alkanes) is 2. The average Bonchev–Trinajstić information content (AvgIpc) is 2.37. The van der Waals surface area contributed by atoms with Crippen LogP contribution in [0.2, 0.25) is 0 Å². The van der Waals surface area contributed by atoms with E-state index in [0.717, 1.165) is 19.3 Å². The first kappa shape index (κ1) is 17.8. The molecule has 0 rings (SSSR count). The van der Waals surface area contributed by atoms with Gasteiger partial charge in [-0.1, -0.05) is 6.42 Å². The number of hydrogen-bond donors (Lipinski definition) is 4. The van der Waals surface area contributed by atoms with Crippen LogP contribution in [0.25, 0.3) is 0 Å². The highest BCUT2D eigenvalue weighted by molar-refractivity contribution is 5.88. The van der Waals surface area contributed by atoms with Crippen molar-refractivity contribution < 1.29 is 9.59 Å². The molecule has 0 aromatic rings. The van der Waals surface area contributed by atoms with Crippen LogP contribution in [0, 0.1) is 0 Å². The van der Waals surface area contributed by atoms with Crippen molar-refractivity contribution in [3.63, 3.8) is 0 Å². The van der Waals surface area contributed by atoms with E-state index < -0.39 is 18.0 Å². The van der Waals surface area contributed by atoms with Crippen LogP contribution in [-0.2, 0) is 9.59 Å². The predicted octanol–water partition coefficient (Wildman–Crippen LogP) is -1.13. The van der Waals surface area contributed by atoms with Gasteiger partial charge in [-0.2, -0.15) is 0 Å². The predicted molar refractivity (Wildman–Crippen MR) is 73.8 cm³/mol. The molecule has 7 heteroatoms. The minimum absolute atomic E-state index is 0.379. The molecule has 0 aliphatic carbocycles. The molecule has 19 heavy (non-hydrogen) atoms. The highest BCUT2D eigenvalue weighted by atomic mass is 16.2. The third-order valence-electron chi connectivity index (χ3n) is 2.89. The van der Waals surface area contributed by atoms with Crippen LogP contribution in [0.3, 0.4) is 0 Å². The van der Waals surface area contributed by atoms with E-state index in [4.69, 9.17) is 22.9 Å². The van der Waals surface area contributed by atoms with Crippen LogP contribution in [0.4, 0.5) is 0 Å². The fourth-order valence-electron chi connectivity index (χ4n) is 1.68. The Hall–Kier alpha value is -1.18. The Bertz CT molecular complexity index is 273. The van der Waals surface area contributed by atoms with Gasteiger partial charge in [0.15, 0.2) is 0 Å². The summed E-state index contributed by atoms with van der Waals surface area (Å²) in [6.07, 6.45) is 4.03. The quantitative estimate of drug-likeness (QED) is 0.351. The molecule has 0 heterocycles. The monoisotopic (exact) mass is 272 g/mol. The molecule has 111 valence electrons. The summed E-state index contributed by atoms with van der Waals surface area (Å²) >= 11 is 0. The second-order valence-electron chi connectivity index (χ2n) is 4.60. The lowest BCUT2D eigenvalue weighted by molar-refractivity contribution is -0.128. The van der Waals surface area contributed by atoms with Gasteiger partial charge in [0, 0.05) is 0 Å². The Morgan fingerprint density at radius 1 is 1.00 bits per heavy atom. The molecule has 7 nitrogen and oxygen atoms in total. The summed E-state index contributed by atoms with van der Waals surface area (Å²) in [5.74, 6) is -1.17. The molecule has 0 saturated carbocycles. The normalized spacial score (nSPS) is 13.8. The number of nitrogens with one attached hydrogen (secondary N) is 2. The van der Waals surface area contributed by atoms with E-state index in [1.807, 2.05) is 0 Å². The second-order valence-corrected chi connectivity index (χ2v) is 4.60. The molecule has 0 aromatic heterocycles. The molecular weight excluding hydrogens is 246 g/mol. The van der Waals surface area contributed by atoms with Crippen molar-refractivity contribution in [2.75, 3.05) is 13.1 Å². The van der Waals surface area contributed by atoms with Crippen LogP contribution in [0.5, 0.6) is 0 Å². The van der Waals surface area contributed by atoms with Gasteiger partial charge in [-0.3, -0.25) is 15.3 Å². The number of hydrogen-bond acceptors (Lipinski definition) is 5. The fourth-order valence-corrected chi connectivity index (χ4v) is 1.68. The lowest BCUT2D eigenvalue weighted by Gasteiger charge is -2.18. The van der Waals surface area contributed by atoms with E-state index in [-0.39, 0.29) is 5.91 Å². The van der Waals surface area contributed by atoms with Gasteiger partial charge < -0.3 is 22.5 Å². The van der Waals surface area contributed by atoms with Crippen molar-refractivity contribution in [2.45, 2.75) is 50.6 Å². The number of nitrogens with two attached hydrogens (primary N) is 3. The zero-order valence-corrected chi connectivity index (χ0v) is 11.4. The smallest absolute Gasteiger partial charge is 0.260 e. The largest absolute Gasteiger partial charge is 0.343 e. The van der Waals surface area contributed by atoms with Crippen molar-refractivity contribution in [1.29, 1.82) is 0 Å². The lowest BCUT2D eigenvalue weighted by atomic mass is 10.1. The van der Waals surface area contributed by atoms with Crippen LogP contribution in [-0.4, -0.2) is 37.0 Å². The maximum absolute atomic E-state index is 11.8. The highest BCUT2D eigenvalue weighted by Crippen LogP contribution is 2.03. The second kappa shape index (κ2) is 10.7. The number of amides is 2. The van der Waals surface area contributed by atoms with E-state index in [2.05, 4.69) is 5.32 Å². The SMILES string of the molecule is [NH]C(=O)C(CCCCN)NC(=O)C(N)CCCCN. The molecule has 0 aliphatic heterocycles. The molecule has 8 N–H and O–H groups in total. The minimum Gasteiger partial charge on any atom is -0.343 e. The van der Waals surface area contributed by atoms with Gasteiger partial charge in [-0.15, -0.1) is 0 Å². The van der Waals surface area contributed by atoms with Crippen molar-refractivity contribution in [1.82, 2.24) is 11.1 Å². The van der Waals surface area contributed by atoms with Gasteiger partial charge in [-0.25, -0.2) is 0 Å². The fraction of sp³-hybridized carbons (Fsp3) is 0.833. The molecule has 0 saturated heterocycles. The Kier molecular flexibility index (Phi) is 10.1. The zero-order valence-electron chi connectivity index (χ0n) is 11.4. The van der Waals surface area contributed by atoms with Gasteiger partial charge in [0.25, 0.3) is 5.91 Å². The molecule has 2 amide bonds. The summed E-state index contributed by atoms with van der Waals surface area (Å²) in [4.78, 5) is 22.9. The van der Waals surface area contributed by atoms with Crippen molar-refractivity contribution in [3.05, 3.63) is 0 Å². The minimum atomic E-state index is -0.792. The van der Waals surface area contributed by atoms with Crippen LogP contribution in [0.15, 0.2) is 0 Å². The summed E-state index contributed by atoms with van der Waals surface area (Å²) in [7, 11) is 0. The molecule has 0 spiro atoms. The Labute approximate surface area is 114 Å². The molecule has 2 unspecified atom stereocenters. The molecule has 0 fully saturated rings. The van der Waals surface area contributed by atoms with Crippen LogP contribution >= 0.6 is 0 Å². The highest BCUT2D eigenvalue weighted by Gasteiger charge is 2.21. The number of carbonyl (C=O) groups excluding carboxylic acids is 2. The van der Waals surface area contributed by atoms with E-state index >= 15 is 0 Å². The summed E-state index contributed by atoms with van der Waals surface area (Å²) in [6.45, 7) is 1.10. The van der Waals surface area contributed by atoms with Gasteiger partial charge in [-0.05, 0) is 45.2 Å². The standard InChI is InChI=1S/C12H26N5O2/c13-7-3-1-5-9(15)12(19)17-10(11(16)18)6-2-4-8-14/h9-10,16H,1-8,13-15H2,(H,17,19). The Morgan fingerprint density at radius 3 is 2.00 bits per heavy atom. The van der Waals surface area contributed by atoms with Gasteiger partial charge in [0.1, 0.15) is 6.04 Å². The third kappa shape index (κ3) is 8.52. The van der Waals surface area contributed by atoms with E-state index in [0.29, 0.717) is 32.4 Å². The summed E-state index contributed by atoms with van der Waals surface area (Å²) in [6, 6.07) is -1.43. The van der Waals surface area contributed by atoms with Crippen LogP contribution < -0.4 is 28.3 Å². The Balaban J connectivity index is 4.11. The number of rotatable bonds is 11. The maximum Gasteiger partial charge on any atom is 0.260 e. The first-order valence-electron chi connectivity index (χ1n) is 6.74. The van der Waals surface area contributed by atoms with Crippen LogP contribution in [0.1, 0.15) is 38.5 Å². The van der Waals surface area contributed by atoms with E-state index in [1.165, 1.54) is 0 Å². The van der Waals surface area contributed by atoms with E-state index in [9.17, 15) is 9.59 Å². The zero-order chi connectivity index (χ0) is 14.7. The first-order valence-corrected chi connectivity index (χ1v) is 6.74. The summed E-state index contributed by atoms with van der Waals surface area (Å²) in [5, 5.41) is 2.53. The van der Waals surface area contributed by atoms with Gasteiger partial charge in [0.05, 0.1) is 6.04 Å². The molecular formula is C12H26N5O2. The Morgan fingerprint density at radius 2 is 1.53 bits per heavy atom. The molecule has 2 atom stereocenters. The van der Waals surface area contributed by atoms with Crippen molar-refractivity contribution >= 4 is 11.8 Å². The average molecular weight is 272 g/mol. The molecule has 0 aromatic carbocycles. The maximum atomic E-state index is 11.8. The van der Waals surface area contributed by atoms with Gasteiger partial charge >= 0.3 is 0 Å². The molecule has 1 radical (unpaired) electrons. The molecule has 0 bridgehead atoms. The number of carbonyl (C=O) groups is 2. The molecule has 0 aliphatic rings.